The van der Waals surface area contributed by atoms with Crippen LogP contribution in [-0.2, 0) is 6.54 Å². The van der Waals surface area contributed by atoms with Crippen LogP contribution in [-0.4, -0.2) is 4.98 Å². The number of hydrogen-bond acceptors (Lipinski definition) is 4. The van der Waals surface area contributed by atoms with Crippen LogP contribution in [0.3, 0.4) is 0 Å². The minimum atomic E-state index is 0.765. The van der Waals surface area contributed by atoms with Crippen molar-refractivity contribution in [3.8, 4) is 0 Å². The number of nitrogens with zero attached hydrogens (tertiary/aromatic N) is 1. The molecule has 0 saturated carbocycles. The van der Waals surface area contributed by atoms with E-state index in [2.05, 4.69) is 10.3 Å². The number of benzene rings is 1. The molecule has 14 heavy (non-hydrogen) atoms. The fourth-order valence-electron chi connectivity index (χ4n) is 1.12. The summed E-state index contributed by atoms with van der Waals surface area (Å²) in [4.78, 5) is 4.18. The molecule has 0 amide bonds. The van der Waals surface area contributed by atoms with Crippen molar-refractivity contribution in [2.24, 2.45) is 0 Å². The molecule has 3 N–H and O–H groups in total. The van der Waals surface area contributed by atoms with E-state index in [1.165, 1.54) is 0 Å². The number of nitrogens with two attached hydrogens (primary N) is 1. The lowest BCUT2D eigenvalue weighted by atomic mass is 10.3. The van der Waals surface area contributed by atoms with E-state index in [1.807, 2.05) is 35.8 Å². The van der Waals surface area contributed by atoms with Crippen LogP contribution < -0.4 is 11.1 Å². The van der Waals surface area contributed by atoms with Gasteiger partial charge < -0.3 is 11.1 Å². The molecule has 0 atom stereocenters. The van der Waals surface area contributed by atoms with Gasteiger partial charge in [-0.2, -0.15) is 0 Å². The average Bonchev–Trinajstić information content (AvgIpc) is 2.70. The molecule has 2 aromatic rings. The number of aromatic nitrogens is 1. The number of nitrogen functional groups attached to an aromatic ring is 1. The topological polar surface area (TPSA) is 50.9 Å². The zero-order valence-corrected chi connectivity index (χ0v) is 8.42. The van der Waals surface area contributed by atoms with Gasteiger partial charge in [-0.15, -0.1) is 11.3 Å². The van der Waals surface area contributed by atoms with Crippen molar-refractivity contribution >= 4 is 22.7 Å². The van der Waals surface area contributed by atoms with E-state index in [9.17, 15) is 0 Å². The molecule has 0 radical (unpaired) electrons. The number of hydrogen-bond donors (Lipinski definition) is 2. The first-order chi connectivity index (χ1) is 6.84. The van der Waals surface area contributed by atoms with Crippen LogP contribution in [0.15, 0.2) is 35.8 Å². The van der Waals surface area contributed by atoms with Crippen LogP contribution in [0, 0.1) is 0 Å². The molecule has 1 heterocycles. The normalized spacial score (nSPS) is 10.0. The molecule has 0 unspecified atom stereocenters. The number of anilines is 2. The van der Waals surface area contributed by atoms with Crippen LogP contribution in [0.4, 0.5) is 11.4 Å². The molecule has 0 aliphatic heterocycles. The van der Waals surface area contributed by atoms with Crippen molar-refractivity contribution < 1.29 is 0 Å². The maximum atomic E-state index is 5.58. The molecule has 0 aliphatic rings. The maximum absolute atomic E-state index is 5.58. The lowest BCUT2D eigenvalue weighted by molar-refractivity contribution is 1.10. The zero-order valence-electron chi connectivity index (χ0n) is 7.60. The molecule has 1 aromatic carbocycles. The van der Waals surface area contributed by atoms with Gasteiger partial charge in [0.2, 0.25) is 0 Å². The SMILES string of the molecule is Nc1ccc(NCc2nccs2)cc1. The molecule has 1 aromatic heterocycles. The first kappa shape index (κ1) is 9.02. The van der Waals surface area contributed by atoms with Gasteiger partial charge in [0.05, 0.1) is 6.54 Å². The molecule has 2 rings (SSSR count). The average molecular weight is 205 g/mol. The van der Waals surface area contributed by atoms with Gasteiger partial charge in [-0.05, 0) is 24.3 Å². The molecule has 0 aliphatic carbocycles. The van der Waals surface area contributed by atoms with Crippen molar-refractivity contribution in [3.05, 3.63) is 40.8 Å². The standard InChI is InChI=1S/C10H11N3S/c11-8-1-3-9(4-2-8)13-7-10-12-5-6-14-10/h1-6,13H,7,11H2. The molecule has 0 spiro atoms. The van der Waals surface area contributed by atoms with E-state index in [-0.39, 0.29) is 0 Å². The van der Waals surface area contributed by atoms with Gasteiger partial charge in [0.25, 0.3) is 0 Å². The van der Waals surface area contributed by atoms with Crippen molar-refractivity contribution in [3.63, 3.8) is 0 Å². The summed E-state index contributed by atoms with van der Waals surface area (Å²) in [6, 6.07) is 7.68. The second-order valence-corrected chi connectivity index (χ2v) is 3.88. The first-order valence-corrected chi connectivity index (χ1v) is 5.20. The second-order valence-electron chi connectivity index (χ2n) is 2.90. The highest BCUT2D eigenvalue weighted by atomic mass is 32.1. The molecule has 3 nitrogen and oxygen atoms in total. The van der Waals surface area contributed by atoms with Crippen LogP contribution in [0.2, 0.25) is 0 Å². The Kier molecular flexibility index (Phi) is 2.65. The predicted octanol–water partition coefficient (Wildman–Crippen LogP) is 2.34. The van der Waals surface area contributed by atoms with Crippen LogP contribution in [0.25, 0.3) is 0 Å². The van der Waals surface area contributed by atoms with Crippen molar-refractivity contribution in [1.29, 1.82) is 0 Å². The summed E-state index contributed by atoms with van der Waals surface area (Å²) in [5.41, 5.74) is 7.43. The van der Waals surface area contributed by atoms with Gasteiger partial charge in [-0.1, -0.05) is 0 Å². The monoisotopic (exact) mass is 205 g/mol. The maximum Gasteiger partial charge on any atom is 0.112 e. The van der Waals surface area contributed by atoms with Crippen molar-refractivity contribution in [2.75, 3.05) is 11.1 Å². The van der Waals surface area contributed by atoms with Crippen LogP contribution >= 0.6 is 11.3 Å². The number of nitrogens with one attached hydrogen (secondary N) is 1. The minimum absolute atomic E-state index is 0.765. The molecular formula is C10H11N3S. The van der Waals surface area contributed by atoms with Gasteiger partial charge >= 0.3 is 0 Å². The fourth-order valence-corrected chi connectivity index (χ4v) is 1.67. The summed E-state index contributed by atoms with van der Waals surface area (Å²) < 4.78 is 0. The minimum Gasteiger partial charge on any atom is -0.399 e. The smallest absolute Gasteiger partial charge is 0.112 e. The molecule has 4 heteroatoms. The lowest BCUT2D eigenvalue weighted by Gasteiger charge is -2.03. The quantitative estimate of drug-likeness (QED) is 0.756. The molecular weight excluding hydrogens is 194 g/mol. The summed E-state index contributed by atoms with van der Waals surface area (Å²) in [5.74, 6) is 0. The Morgan fingerprint density at radius 3 is 2.71 bits per heavy atom. The molecule has 0 saturated heterocycles. The predicted molar refractivity (Wildman–Crippen MR) is 60.3 cm³/mol. The third kappa shape index (κ3) is 2.23. The van der Waals surface area contributed by atoms with E-state index < -0.39 is 0 Å². The third-order valence-corrected chi connectivity index (χ3v) is 2.62. The molecule has 72 valence electrons. The Morgan fingerprint density at radius 2 is 2.07 bits per heavy atom. The highest BCUT2D eigenvalue weighted by Gasteiger charge is 1.95. The van der Waals surface area contributed by atoms with Gasteiger partial charge in [-0.25, -0.2) is 4.98 Å². The summed E-state index contributed by atoms with van der Waals surface area (Å²) in [6.07, 6.45) is 1.81. The zero-order chi connectivity index (χ0) is 9.80. The fraction of sp³-hybridized carbons (Fsp3) is 0.100. The third-order valence-electron chi connectivity index (χ3n) is 1.84. The van der Waals surface area contributed by atoms with Gasteiger partial charge in [0.1, 0.15) is 5.01 Å². The second kappa shape index (κ2) is 4.11. The highest BCUT2D eigenvalue weighted by Crippen LogP contribution is 2.12. The van der Waals surface area contributed by atoms with E-state index in [4.69, 9.17) is 5.73 Å². The van der Waals surface area contributed by atoms with E-state index in [0.29, 0.717) is 0 Å². The van der Waals surface area contributed by atoms with Crippen LogP contribution in [0.5, 0.6) is 0 Å². The largest absolute Gasteiger partial charge is 0.399 e. The first-order valence-electron chi connectivity index (χ1n) is 4.32. The Morgan fingerprint density at radius 1 is 1.29 bits per heavy atom. The summed E-state index contributed by atoms with van der Waals surface area (Å²) in [6.45, 7) is 0.765. The van der Waals surface area contributed by atoms with Crippen molar-refractivity contribution in [1.82, 2.24) is 4.98 Å². The van der Waals surface area contributed by atoms with Gasteiger partial charge in [0, 0.05) is 23.0 Å². The van der Waals surface area contributed by atoms with Crippen molar-refractivity contribution in [2.45, 2.75) is 6.54 Å². The van der Waals surface area contributed by atoms with E-state index in [0.717, 1.165) is 22.9 Å². The van der Waals surface area contributed by atoms with E-state index in [1.54, 1.807) is 11.3 Å². The molecule has 0 bridgehead atoms. The summed E-state index contributed by atoms with van der Waals surface area (Å²) in [7, 11) is 0. The lowest BCUT2D eigenvalue weighted by Crippen LogP contribution is -1.98. The number of rotatable bonds is 3. The Hall–Kier alpha value is -1.55. The Bertz CT molecular complexity index is 380. The Labute approximate surface area is 86.6 Å². The molecule has 0 fully saturated rings. The van der Waals surface area contributed by atoms with E-state index >= 15 is 0 Å². The van der Waals surface area contributed by atoms with Gasteiger partial charge in [-0.3, -0.25) is 0 Å². The summed E-state index contributed by atoms with van der Waals surface area (Å²) in [5, 5.41) is 6.32. The highest BCUT2D eigenvalue weighted by molar-refractivity contribution is 7.09. The van der Waals surface area contributed by atoms with Gasteiger partial charge in [0.15, 0.2) is 0 Å². The summed E-state index contributed by atoms with van der Waals surface area (Å²) >= 11 is 1.65. The Balaban J connectivity index is 1.95. The number of thiazole rings is 1. The van der Waals surface area contributed by atoms with Crippen LogP contribution in [0.1, 0.15) is 5.01 Å².